The molecular weight excluding hydrogens is 348 g/mol. The van der Waals surface area contributed by atoms with Gasteiger partial charge in [0, 0.05) is 24.0 Å². The summed E-state index contributed by atoms with van der Waals surface area (Å²) in [5, 5.41) is 9.34. The summed E-state index contributed by atoms with van der Waals surface area (Å²) in [6.07, 6.45) is 3.52. The van der Waals surface area contributed by atoms with Crippen LogP contribution in [0.2, 0.25) is 0 Å². The number of aromatic nitrogens is 2. The third kappa shape index (κ3) is 4.72. The lowest BCUT2D eigenvalue weighted by Gasteiger charge is -2.34. The number of hydrogen-bond donors (Lipinski definition) is 1. The minimum absolute atomic E-state index is 0.0127. The van der Waals surface area contributed by atoms with Gasteiger partial charge in [0.1, 0.15) is 0 Å². The second-order valence-electron chi connectivity index (χ2n) is 7.19. The lowest BCUT2D eigenvalue weighted by molar-refractivity contribution is -0.134. The van der Waals surface area contributed by atoms with Gasteiger partial charge in [0.05, 0.1) is 31.2 Å². The molecule has 140 valence electrons. The van der Waals surface area contributed by atoms with Crippen LogP contribution in [-0.4, -0.2) is 33.0 Å². The highest BCUT2D eigenvalue weighted by molar-refractivity contribution is 7.09. The molecular formula is C19H26N4O2S. The molecule has 0 saturated carbocycles. The molecule has 0 bridgehead atoms. The highest BCUT2D eigenvalue weighted by atomic mass is 32.1. The first-order valence-corrected chi connectivity index (χ1v) is 10.00. The summed E-state index contributed by atoms with van der Waals surface area (Å²) in [5.74, 6) is 0.657. The van der Waals surface area contributed by atoms with E-state index in [2.05, 4.69) is 24.3 Å². The summed E-state index contributed by atoms with van der Waals surface area (Å²) in [7, 11) is 0. The molecule has 0 radical (unpaired) electrons. The fourth-order valence-corrected chi connectivity index (χ4v) is 3.83. The van der Waals surface area contributed by atoms with Gasteiger partial charge in [0.25, 0.3) is 0 Å². The minimum Gasteiger partial charge on any atom is -0.351 e. The van der Waals surface area contributed by atoms with Crippen LogP contribution >= 0.6 is 11.3 Å². The van der Waals surface area contributed by atoms with Crippen LogP contribution in [-0.2, 0) is 22.7 Å². The summed E-state index contributed by atoms with van der Waals surface area (Å²) >= 11 is 1.63. The van der Waals surface area contributed by atoms with Gasteiger partial charge in [-0.3, -0.25) is 14.3 Å². The van der Waals surface area contributed by atoms with E-state index in [0.717, 1.165) is 17.0 Å². The van der Waals surface area contributed by atoms with Gasteiger partial charge in [-0.15, -0.1) is 11.3 Å². The van der Waals surface area contributed by atoms with E-state index < -0.39 is 0 Å². The van der Waals surface area contributed by atoms with Gasteiger partial charge in [-0.05, 0) is 29.9 Å². The standard InChI is InChI=1S/C19H26N4O2S/c1-14(2)5-6-19(25)22-12-15-7-8-21-23(15)16(13-22)10-18(24)20-11-17-4-3-9-26-17/h3-4,7-9,14,16H,5-6,10-13H2,1-2H3,(H,20,24)/t16-/m1/s1. The first-order chi connectivity index (χ1) is 12.5. The number of carbonyl (C=O) groups is 2. The number of rotatable bonds is 7. The maximum absolute atomic E-state index is 12.5. The van der Waals surface area contributed by atoms with Crippen LogP contribution in [0.15, 0.2) is 29.8 Å². The molecule has 2 amide bonds. The van der Waals surface area contributed by atoms with Gasteiger partial charge >= 0.3 is 0 Å². The lowest BCUT2D eigenvalue weighted by Crippen LogP contribution is -2.42. The molecule has 0 saturated heterocycles. The van der Waals surface area contributed by atoms with Crippen molar-refractivity contribution in [3.63, 3.8) is 0 Å². The molecule has 2 aromatic heterocycles. The molecule has 3 heterocycles. The Bertz CT molecular complexity index is 739. The molecule has 7 heteroatoms. The van der Waals surface area contributed by atoms with Crippen molar-refractivity contribution < 1.29 is 9.59 Å². The quantitative estimate of drug-likeness (QED) is 0.810. The van der Waals surface area contributed by atoms with Gasteiger partial charge in [-0.1, -0.05) is 19.9 Å². The number of fused-ring (bicyclic) bond motifs is 1. The zero-order chi connectivity index (χ0) is 18.5. The van der Waals surface area contributed by atoms with Crippen molar-refractivity contribution >= 4 is 23.2 Å². The van der Waals surface area contributed by atoms with Crippen LogP contribution in [0.1, 0.15) is 49.7 Å². The molecule has 0 unspecified atom stereocenters. The Morgan fingerprint density at radius 1 is 1.38 bits per heavy atom. The average Bonchev–Trinajstić information content (AvgIpc) is 3.29. The van der Waals surface area contributed by atoms with Crippen LogP contribution in [0.25, 0.3) is 0 Å². The first-order valence-electron chi connectivity index (χ1n) is 9.12. The lowest BCUT2D eigenvalue weighted by atomic mass is 10.1. The zero-order valence-corrected chi connectivity index (χ0v) is 16.2. The number of thiophene rings is 1. The van der Waals surface area contributed by atoms with Crippen molar-refractivity contribution in [2.24, 2.45) is 5.92 Å². The maximum Gasteiger partial charge on any atom is 0.223 e. The Hall–Kier alpha value is -2.15. The Kier molecular flexibility index (Phi) is 6.08. The molecule has 0 spiro atoms. The van der Waals surface area contributed by atoms with Crippen molar-refractivity contribution in [1.82, 2.24) is 20.0 Å². The van der Waals surface area contributed by atoms with Gasteiger partial charge in [-0.2, -0.15) is 5.10 Å². The van der Waals surface area contributed by atoms with E-state index in [9.17, 15) is 9.59 Å². The SMILES string of the molecule is CC(C)CCC(=O)N1Cc2ccnn2[C@H](CC(=O)NCc2cccs2)C1. The second kappa shape index (κ2) is 8.49. The van der Waals surface area contributed by atoms with Gasteiger partial charge in [0.2, 0.25) is 11.8 Å². The molecule has 1 atom stereocenters. The molecule has 0 fully saturated rings. The predicted molar refractivity (Wildman–Crippen MR) is 102 cm³/mol. The van der Waals surface area contributed by atoms with E-state index in [4.69, 9.17) is 0 Å². The molecule has 0 aliphatic carbocycles. The fourth-order valence-electron chi connectivity index (χ4n) is 3.18. The van der Waals surface area contributed by atoms with Crippen molar-refractivity contribution in [2.45, 2.75) is 52.2 Å². The molecule has 1 aliphatic rings. The van der Waals surface area contributed by atoms with E-state index in [1.165, 1.54) is 0 Å². The van der Waals surface area contributed by atoms with Crippen molar-refractivity contribution in [1.29, 1.82) is 0 Å². The summed E-state index contributed by atoms with van der Waals surface area (Å²) in [5.41, 5.74) is 0.991. The third-order valence-corrected chi connectivity index (χ3v) is 5.51. The molecule has 6 nitrogen and oxygen atoms in total. The summed E-state index contributed by atoms with van der Waals surface area (Å²) in [6, 6.07) is 5.80. The van der Waals surface area contributed by atoms with E-state index in [1.807, 2.05) is 33.2 Å². The third-order valence-electron chi connectivity index (χ3n) is 4.63. The Morgan fingerprint density at radius 3 is 2.96 bits per heavy atom. The van der Waals surface area contributed by atoms with Crippen LogP contribution in [0, 0.1) is 5.92 Å². The van der Waals surface area contributed by atoms with E-state index in [-0.39, 0.29) is 17.9 Å². The van der Waals surface area contributed by atoms with Gasteiger partial charge in [0.15, 0.2) is 0 Å². The molecule has 1 N–H and O–H groups in total. The highest BCUT2D eigenvalue weighted by Crippen LogP contribution is 2.24. The van der Waals surface area contributed by atoms with Crippen molar-refractivity contribution in [2.75, 3.05) is 6.54 Å². The Labute approximate surface area is 158 Å². The maximum atomic E-state index is 12.5. The summed E-state index contributed by atoms with van der Waals surface area (Å²) in [6.45, 7) is 5.91. The molecule has 1 aliphatic heterocycles. The number of nitrogens with zero attached hydrogens (tertiary/aromatic N) is 3. The predicted octanol–water partition coefficient (Wildman–Crippen LogP) is 2.97. The van der Waals surface area contributed by atoms with Crippen molar-refractivity contribution in [3.05, 3.63) is 40.3 Å². The second-order valence-corrected chi connectivity index (χ2v) is 8.22. The van der Waals surface area contributed by atoms with Gasteiger partial charge < -0.3 is 10.2 Å². The number of hydrogen-bond acceptors (Lipinski definition) is 4. The van der Waals surface area contributed by atoms with E-state index in [0.29, 0.717) is 38.4 Å². The molecule has 0 aromatic carbocycles. The topological polar surface area (TPSA) is 67.2 Å². The molecule has 26 heavy (non-hydrogen) atoms. The zero-order valence-electron chi connectivity index (χ0n) is 15.4. The normalized spacial score (nSPS) is 16.6. The van der Waals surface area contributed by atoms with Crippen LogP contribution < -0.4 is 5.32 Å². The average molecular weight is 375 g/mol. The van der Waals surface area contributed by atoms with E-state index in [1.54, 1.807) is 17.5 Å². The van der Waals surface area contributed by atoms with E-state index >= 15 is 0 Å². The number of amides is 2. The fraction of sp³-hybridized carbons (Fsp3) is 0.526. The van der Waals surface area contributed by atoms with Crippen LogP contribution in [0.5, 0.6) is 0 Å². The van der Waals surface area contributed by atoms with Gasteiger partial charge in [-0.25, -0.2) is 0 Å². The highest BCUT2D eigenvalue weighted by Gasteiger charge is 2.29. The number of carbonyl (C=O) groups excluding carboxylic acids is 2. The largest absolute Gasteiger partial charge is 0.351 e. The van der Waals surface area contributed by atoms with Crippen LogP contribution in [0.4, 0.5) is 0 Å². The monoisotopic (exact) mass is 374 g/mol. The first kappa shape index (κ1) is 18.6. The number of nitrogens with one attached hydrogen (secondary N) is 1. The summed E-state index contributed by atoms with van der Waals surface area (Å²) < 4.78 is 1.90. The molecule has 2 aromatic rings. The Balaban J connectivity index is 1.60. The summed E-state index contributed by atoms with van der Waals surface area (Å²) in [4.78, 5) is 27.9. The molecule has 3 rings (SSSR count). The van der Waals surface area contributed by atoms with Crippen molar-refractivity contribution in [3.8, 4) is 0 Å². The smallest absolute Gasteiger partial charge is 0.223 e. The Morgan fingerprint density at radius 2 is 2.23 bits per heavy atom. The van der Waals surface area contributed by atoms with Crippen LogP contribution in [0.3, 0.4) is 0 Å². The minimum atomic E-state index is -0.111.